The molecule has 1 aromatic heterocycles. The molecule has 0 bridgehead atoms. The molecule has 2 atom stereocenters. The first-order valence-corrected chi connectivity index (χ1v) is 6.77. The summed E-state index contributed by atoms with van der Waals surface area (Å²) >= 11 is 0. The largest absolute Gasteiger partial charge is 0.393 e. The Morgan fingerprint density at radius 1 is 1.56 bits per heavy atom. The highest BCUT2D eigenvalue weighted by molar-refractivity contribution is 7.89. The summed E-state index contributed by atoms with van der Waals surface area (Å²) in [5.41, 5.74) is 0. The maximum absolute atomic E-state index is 12.1. The number of aliphatic hydroxyl groups excluding tert-OH is 1. The van der Waals surface area contributed by atoms with Gasteiger partial charge in [-0.05, 0) is 18.4 Å². The second-order valence-corrected chi connectivity index (χ2v) is 6.18. The van der Waals surface area contributed by atoms with Gasteiger partial charge in [0.05, 0.1) is 11.0 Å². The molecule has 0 amide bonds. The lowest BCUT2D eigenvalue weighted by Gasteiger charge is -2.33. The summed E-state index contributed by atoms with van der Waals surface area (Å²) in [6.07, 6.45) is 3.18. The molecule has 1 aromatic rings. The lowest BCUT2D eigenvalue weighted by atomic mass is 9.99. The van der Waals surface area contributed by atoms with E-state index in [0.717, 1.165) is 0 Å². The number of nitrogens with one attached hydrogen (secondary N) is 1. The third-order valence-electron chi connectivity index (χ3n) is 3.03. The molecule has 0 aromatic carbocycles. The van der Waals surface area contributed by atoms with Gasteiger partial charge in [-0.1, -0.05) is 6.92 Å². The molecule has 2 heterocycles. The summed E-state index contributed by atoms with van der Waals surface area (Å²) in [4.78, 5) is 3.03. The van der Waals surface area contributed by atoms with Gasteiger partial charge in [0.1, 0.15) is 0 Å². The highest BCUT2D eigenvalue weighted by atomic mass is 32.2. The monoisotopic (exact) mass is 244 g/mol. The quantitative estimate of drug-likeness (QED) is 0.791. The molecule has 1 fully saturated rings. The molecule has 5 nitrogen and oxygen atoms in total. The Bertz CT molecular complexity index is 441. The minimum atomic E-state index is -3.38. The minimum absolute atomic E-state index is 0.0116. The first kappa shape index (κ1) is 11.6. The molecule has 1 aliphatic heterocycles. The zero-order valence-corrected chi connectivity index (χ0v) is 9.94. The molecule has 0 spiro atoms. The van der Waals surface area contributed by atoms with Crippen molar-refractivity contribution >= 4 is 10.0 Å². The fourth-order valence-corrected chi connectivity index (χ4v) is 3.46. The average Bonchev–Trinajstić information content (AvgIpc) is 2.75. The molecule has 0 aliphatic carbocycles. The first-order valence-electron chi connectivity index (χ1n) is 5.33. The number of piperidine rings is 1. The maximum atomic E-state index is 12.1. The molecule has 2 unspecified atom stereocenters. The van der Waals surface area contributed by atoms with Crippen molar-refractivity contribution in [2.75, 3.05) is 13.1 Å². The van der Waals surface area contributed by atoms with Crippen molar-refractivity contribution in [2.45, 2.75) is 24.3 Å². The Morgan fingerprint density at radius 2 is 2.31 bits per heavy atom. The fourth-order valence-electron chi connectivity index (χ4n) is 1.93. The second kappa shape index (κ2) is 4.20. The van der Waals surface area contributed by atoms with Gasteiger partial charge in [0.2, 0.25) is 10.0 Å². The predicted octanol–water partition coefficient (Wildman–Crippen LogP) is 0.406. The lowest BCUT2D eigenvalue weighted by Crippen LogP contribution is -2.44. The van der Waals surface area contributed by atoms with Gasteiger partial charge in [-0.25, -0.2) is 8.42 Å². The van der Waals surface area contributed by atoms with Gasteiger partial charge in [-0.2, -0.15) is 4.31 Å². The van der Waals surface area contributed by atoms with Crippen molar-refractivity contribution in [3.8, 4) is 0 Å². The number of H-pyrrole nitrogens is 1. The van der Waals surface area contributed by atoms with E-state index >= 15 is 0 Å². The normalized spacial score (nSPS) is 28.1. The Hall–Kier alpha value is -0.850. The van der Waals surface area contributed by atoms with Crippen molar-refractivity contribution in [3.05, 3.63) is 18.5 Å². The van der Waals surface area contributed by atoms with Gasteiger partial charge < -0.3 is 10.1 Å². The van der Waals surface area contributed by atoms with E-state index in [9.17, 15) is 13.5 Å². The van der Waals surface area contributed by atoms with Crippen molar-refractivity contribution in [1.82, 2.24) is 9.29 Å². The lowest BCUT2D eigenvalue weighted by molar-refractivity contribution is 0.0628. The molecule has 0 radical (unpaired) electrons. The topological polar surface area (TPSA) is 73.4 Å². The number of hydrogen-bond acceptors (Lipinski definition) is 3. The van der Waals surface area contributed by atoms with Gasteiger partial charge >= 0.3 is 0 Å². The Balaban J connectivity index is 2.20. The molecule has 1 saturated heterocycles. The summed E-state index contributed by atoms with van der Waals surface area (Å²) in [5.74, 6) is -0.0116. The number of hydrogen-bond donors (Lipinski definition) is 2. The number of rotatable bonds is 2. The molecular formula is C10H16N2O3S. The van der Waals surface area contributed by atoms with Gasteiger partial charge in [0, 0.05) is 25.5 Å². The standard InChI is InChI=1S/C10H16N2O3S/c1-8-7-12(5-3-10(8)13)16(14,15)9-2-4-11-6-9/h2,4,6,8,10-11,13H,3,5,7H2,1H3. The van der Waals surface area contributed by atoms with Crippen LogP contribution in [0.15, 0.2) is 23.4 Å². The summed E-state index contributed by atoms with van der Waals surface area (Å²) in [5, 5.41) is 9.56. The third kappa shape index (κ3) is 2.00. The molecule has 16 heavy (non-hydrogen) atoms. The van der Waals surface area contributed by atoms with Crippen LogP contribution in [0.5, 0.6) is 0 Å². The maximum Gasteiger partial charge on any atom is 0.244 e. The Labute approximate surface area is 95.1 Å². The zero-order chi connectivity index (χ0) is 11.8. The number of nitrogens with zero attached hydrogens (tertiary/aromatic N) is 1. The van der Waals surface area contributed by atoms with E-state index in [1.807, 2.05) is 6.92 Å². The summed E-state index contributed by atoms with van der Waals surface area (Å²) < 4.78 is 25.7. The van der Waals surface area contributed by atoms with Gasteiger partial charge in [0.25, 0.3) is 0 Å². The van der Waals surface area contributed by atoms with Crippen LogP contribution in [0.1, 0.15) is 13.3 Å². The smallest absolute Gasteiger partial charge is 0.244 e. The van der Waals surface area contributed by atoms with Crippen LogP contribution in [-0.4, -0.2) is 42.0 Å². The van der Waals surface area contributed by atoms with Crippen LogP contribution in [0.4, 0.5) is 0 Å². The molecule has 0 saturated carbocycles. The molecule has 6 heteroatoms. The SMILES string of the molecule is CC1CN(S(=O)(=O)c2cc[nH]c2)CCC1O. The number of aromatic nitrogens is 1. The number of sulfonamides is 1. The summed E-state index contributed by atoms with van der Waals surface area (Å²) in [6, 6.07) is 1.55. The number of aromatic amines is 1. The van der Waals surface area contributed by atoms with E-state index in [2.05, 4.69) is 4.98 Å². The van der Waals surface area contributed by atoms with E-state index in [1.54, 1.807) is 12.3 Å². The van der Waals surface area contributed by atoms with Crippen LogP contribution in [0.2, 0.25) is 0 Å². The second-order valence-electron chi connectivity index (χ2n) is 4.24. The summed E-state index contributed by atoms with van der Waals surface area (Å²) in [6.45, 7) is 2.64. The minimum Gasteiger partial charge on any atom is -0.393 e. The van der Waals surface area contributed by atoms with E-state index < -0.39 is 16.1 Å². The van der Waals surface area contributed by atoms with Gasteiger partial charge in [-0.3, -0.25) is 0 Å². The third-order valence-corrected chi connectivity index (χ3v) is 4.89. The van der Waals surface area contributed by atoms with Crippen molar-refractivity contribution < 1.29 is 13.5 Å². The van der Waals surface area contributed by atoms with Gasteiger partial charge in [-0.15, -0.1) is 0 Å². The fraction of sp³-hybridized carbons (Fsp3) is 0.600. The van der Waals surface area contributed by atoms with Gasteiger partial charge in [0.15, 0.2) is 0 Å². The van der Waals surface area contributed by atoms with Crippen LogP contribution in [0.25, 0.3) is 0 Å². The number of aliphatic hydroxyl groups is 1. The van der Waals surface area contributed by atoms with E-state index in [0.29, 0.717) is 19.5 Å². The van der Waals surface area contributed by atoms with Crippen LogP contribution < -0.4 is 0 Å². The highest BCUT2D eigenvalue weighted by Gasteiger charge is 2.32. The highest BCUT2D eigenvalue weighted by Crippen LogP contribution is 2.23. The first-order chi connectivity index (χ1) is 7.51. The average molecular weight is 244 g/mol. The Morgan fingerprint density at radius 3 is 2.88 bits per heavy atom. The van der Waals surface area contributed by atoms with Crippen LogP contribution in [0.3, 0.4) is 0 Å². The van der Waals surface area contributed by atoms with Crippen molar-refractivity contribution in [2.24, 2.45) is 5.92 Å². The van der Waals surface area contributed by atoms with E-state index in [1.165, 1.54) is 10.5 Å². The van der Waals surface area contributed by atoms with Crippen LogP contribution >= 0.6 is 0 Å². The molecule has 2 N–H and O–H groups in total. The predicted molar refractivity (Wildman–Crippen MR) is 59.3 cm³/mol. The van der Waals surface area contributed by atoms with Crippen LogP contribution in [0, 0.1) is 5.92 Å². The van der Waals surface area contributed by atoms with E-state index in [-0.39, 0.29) is 10.8 Å². The Kier molecular flexibility index (Phi) is 3.05. The van der Waals surface area contributed by atoms with Crippen LogP contribution in [-0.2, 0) is 10.0 Å². The zero-order valence-electron chi connectivity index (χ0n) is 9.13. The van der Waals surface area contributed by atoms with Crippen molar-refractivity contribution in [1.29, 1.82) is 0 Å². The molecule has 2 rings (SSSR count). The summed E-state index contributed by atoms with van der Waals surface area (Å²) in [7, 11) is -3.38. The molecular weight excluding hydrogens is 228 g/mol. The van der Waals surface area contributed by atoms with Crippen molar-refractivity contribution in [3.63, 3.8) is 0 Å². The molecule has 1 aliphatic rings. The molecule has 90 valence electrons. The van der Waals surface area contributed by atoms with E-state index in [4.69, 9.17) is 0 Å².